The fourth-order valence-electron chi connectivity index (χ4n) is 3.50. The molecule has 1 amide bonds. The van der Waals surface area contributed by atoms with Gasteiger partial charge in [0.2, 0.25) is 5.91 Å². The van der Waals surface area contributed by atoms with E-state index in [0.29, 0.717) is 37.3 Å². The molecule has 0 fully saturated rings. The fourth-order valence-corrected chi connectivity index (χ4v) is 4.51. The summed E-state index contributed by atoms with van der Waals surface area (Å²) in [5.74, 6) is 1.18. The molecule has 0 spiro atoms. The molecule has 6 heteroatoms. The molecule has 1 aromatic rings. The quantitative estimate of drug-likeness (QED) is 0.177. The van der Waals surface area contributed by atoms with Crippen LogP contribution in [0.15, 0.2) is 24.3 Å². The third-order valence-corrected chi connectivity index (χ3v) is 7.16. The zero-order chi connectivity index (χ0) is 24.2. The molecule has 0 bridgehead atoms. The van der Waals surface area contributed by atoms with Crippen molar-refractivity contribution in [3.05, 3.63) is 24.3 Å². The second-order valence-electron chi connectivity index (χ2n) is 8.77. The highest BCUT2D eigenvalue weighted by Gasteiger charge is 2.08. The van der Waals surface area contributed by atoms with Crippen molar-refractivity contribution >= 4 is 29.3 Å². The lowest BCUT2D eigenvalue weighted by molar-refractivity contribution is -0.137. The lowest BCUT2D eigenvalue weighted by Crippen LogP contribution is -2.12. The number of carboxylic acids is 1. The van der Waals surface area contributed by atoms with Gasteiger partial charge in [0.25, 0.3) is 0 Å². The maximum absolute atomic E-state index is 12.3. The number of para-hydroxylation sites is 2. The molecule has 0 radical (unpaired) electrons. The number of hydrogen-bond donors (Lipinski definition) is 2. The standard InChI is InChI=1S/C27H45NO4S/c1-3-23(2)33-22-16-10-8-6-4-5-7-9-11-19-26(29)28-24-17-12-13-18-25(24)32-21-15-14-20-27(30)31/h12-13,17-18,23H,3-11,14-16,19-22H2,1-2H3,(H,28,29)(H,30,31). The van der Waals surface area contributed by atoms with Crippen molar-refractivity contribution in [1.82, 2.24) is 0 Å². The third-order valence-electron chi connectivity index (χ3n) is 5.73. The highest BCUT2D eigenvalue weighted by Crippen LogP contribution is 2.24. The summed E-state index contributed by atoms with van der Waals surface area (Å²) in [6.45, 7) is 5.02. The number of aliphatic carboxylic acids is 1. The first-order valence-electron chi connectivity index (χ1n) is 12.9. The summed E-state index contributed by atoms with van der Waals surface area (Å²) in [5.41, 5.74) is 0.684. The van der Waals surface area contributed by atoms with E-state index < -0.39 is 5.97 Å². The van der Waals surface area contributed by atoms with Crippen LogP contribution < -0.4 is 10.1 Å². The maximum atomic E-state index is 12.3. The Hall–Kier alpha value is -1.69. The lowest BCUT2D eigenvalue weighted by atomic mass is 10.1. The van der Waals surface area contributed by atoms with E-state index in [-0.39, 0.29) is 12.3 Å². The predicted octanol–water partition coefficient (Wildman–Crippen LogP) is 7.69. The summed E-state index contributed by atoms with van der Waals surface area (Å²) in [6, 6.07) is 7.41. The molecule has 0 heterocycles. The Morgan fingerprint density at radius 1 is 0.909 bits per heavy atom. The summed E-state index contributed by atoms with van der Waals surface area (Å²) in [5, 5.41) is 12.4. The van der Waals surface area contributed by atoms with E-state index in [4.69, 9.17) is 9.84 Å². The predicted molar refractivity (Wildman–Crippen MR) is 140 cm³/mol. The zero-order valence-electron chi connectivity index (χ0n) is 20.8. The van der Waals surface area contributed by atoms with Gasteiger partial charge in [0.1, 0.15) is 5.75 Å². The number of amides is 1. The number of nitrogens with one attached hydrogen (secondary N) is 1. The van der Waals surface area contributed by atoms with Gasteiger partial charge in [-0.3, -0.25) is 9.59 Å². The number of ether oxygens (including phenoxy) is 1. The Balaban J connectivity index is 2.05. The minimum atomic E-state index is -0.787. The highest BCUT2D eigenvalue weighted by atomic mass is 32.2. The Labute approximate surface area is 205 Å². The van der Waals surface area contributed by atoms with Crippen LogP contribution in [0, 0.1) is 0 Å². The Morgan fingerprint density at radius 3 is 2.18 bits per heavy atom. The summed E-state index contributed by atoms with van der Waals surface area (Å²) < 4.78 is 5.74. The van der Waals surface area contributed by atoms with Crippen molar-refractivity contribution in [3.8, 4) is 5.75 Å². The third kappa shape index (κ3) is 16.6. The van der Waals surface area contributed by atoms with Gasteiger partial charge in [0, 0.05) is 18.1 Å². The number of hydrogen-bond acceptors (Lipinski definition) is 4. The van der Waals surface area contributed by atoms with Crippen molar-refractivity contribution < 1.29 is 19.4 Å². The molecule has 1 unspecified atom stereocenters. The smallest absolute Gasteiger partial charge is 0.303 e. The number of carboxylic acid groups (broad SMARTS) is 1. The average molecular weight is 480 g/mol. The Kier molecular flexibility index (Phi) is 17.6. The molecule has 5 nitrogen and oxygen atoms in total. The Bertz CT molecular complexity index is 653. The van der Waals surface area contributed by atoms with Crippen LogP contribution in [-0.4, -0.2) is 34.6 Å². The largest absolute Gasteiger partial charge is 0.491 e. The molecule has 188 valence electrons. The van der Waals surface area contributed by atoms with E-state index >= 15 is 0 Å². The second-order valence-corrected chi connectivity index (χ2v) is 10.3. The molecule has 1 atom stereocenters. The molecule has 0 saturated heterocycles. The highest BCUT2D eigenvalue weighted by molar-refractivity contribution is 7.99. The summed E-state index contributed by atoms with van der Waals surface area (Å²) in [4.78, 5) is 22.9. The number of carbonyl (C=O) groups is 2. The van der Waals surface area contributed by atoms with Gasteiger partial charge in [-0.1, -0.05) is 70.9 Å². The fraction of sp³-hybridized carbons (Fsp3) is 0.704. The molecule has 1 rings (SSSR count). The maximum Gasteiger partial charge on any atom is 0.303 e. The number of thioether (sulfide) groups is 1. The monoisotopic (exact) mass is 479 g/mol. The molecule has 1 aromatic carbocycles. The van der Waals surface area contributed by atoms with Crippen molar-refractivity contribution in [1.29, 1.82) is 0 Å². The van der Waals surface area contributed by atoms with Crippen LogP contribution in [-0.2, 0) is 9.59 Å². The Morgan fingerprint density at radius 2 is 1.52 bits per heavy atom. The minimum Gasteiger partial charge on any atom is -0.491 e. The van der Waals surface area contributed by atoms with Crippen LogP contribution in [0.1, 0.15) is 104 Å². The van der Waals surface area contributed by atoms with Gasteiger partial charge in [0.05, 0.1) is 12.3 Å². The van der Waals surface area contributed by atoms with Crippen LogP contribution in [0.3, 0.4) is 0 Å². The van der Waals surface area contributed by atoms with Crippen LogP contribution in [0.4, 0.5) is 5.69 Å². The van der Waals surface area contributed by atoms with Gasteiger partial charge in [-0.15, -0.1) is 0 Å². The SMILES string of the molecule is CCC(C)SCCCCCCCCCCCC(=O)Nc1ccccc1OCCCCC(=O)O. The molecule has 0 saturated carbocycles. The molecule has 0 aliphatic carbocycles. The van der Waals surface area contributed by atoms with Crippen molar-refractivity contribution in [2.75, 3.05) is 17.7 Å². The number of carbonyl (C=O) groups excluding carboxylic acids is 1. The normalized spacial score (nSPS) is 11.8. The topological polar surface area (TPSA) is 75.6 Å². The van der Waals surface area contributed by atoms with Gasteiger partial charge in [-0.05, 0) is 50.0 Å². The number of unbranched alkanes of at least 4 members (excludes halogenated alkanes) is 9. The summed E-state index contributed by atoms with van der Waals surface area (Å²) >= 11 is 2.11. The van der Waals surface area contributed by atoms with E-state index in [2.05, 4.69) is 30.9 Å². The molecular formula is C27H45NO4S. The van der Waals surface area contributed by atoms with Crippen molar-refractivity contribution in [3.63, 3.8) is 0 Å². The number of rotatable bonds is 21. The van der Waals surface area contributed by atoms with Crippen LogP contribution in [0.25, 0.3) is 0 Å². The van der Waals surface area contributed by atoms with E-state index in [9.17, 15) is 9.59 Å². The first-order valence-corrected chi connectivity index (χ1v) is 13.9. The van der Waals surface area contributed by atoms with Gasteiger partial charge < -0.3 is 15.2 Å². The average Bonchev–Trinajstić information content (AvgIpc) is 2.80. The van der Waals surface area contributed by atoms with Gasteiger partial charge in [0.15, 0.2) is 0 Å². The number of anilines is 1. The minimum absolute atomic E-state index is 0.0205. The van der Waals surface area contributed by atoms with Gasteiger partial charge in [-0.25, -0.2) is 0 Å². The summed E-state index contributed by atoms with van der Waals surface area (Å²) in [7, 11) is 0. The lowest BCUT2D eigenvalue weighted by Gasteiger charge is -2.12. The zero-order valence-corrected chi connectivity index (χ0v) is 21.6. The van der Waals surface area contributed by atoms with Crippen molar-refractivity contribution in [2.45, 2.75) is 109 Å². The van der Waals surface area contributed by atoms with E-state index in [1.54, 1.807) is 0 Å². The van der Waals surface area contributed by atoms with E-state index in [1.165, 1.54) is 57.1 Å². The van der Waals surface area contributed by atoms with Gasteiger partial charge in [-0.2, -0.15) is 11.8 Å². The van der Waals surface area contributed by atoms with E-state index in [1.807, 2.05) is 24.3 Å². The molecular weight excluding hydrogens is 434 g/mol. The first-order chi connectivity index (χ1) is 16.0. The second kappa shape index (κ2) is 19.7. The molecule has 0 aliphatic rings. The van der Waals surface area contributed by atoms with Crippen LogP contribution in [0.2, 0.25) is 0 Å². The summed E-state index contributed by atoms with van der Waals surface area (Å²) in [6.07, 6.45) is 14.4. The first kappa shape index (κ1) is 29.3. The van der Waals surface area contributed by atoms with Gasteiger partial charge >= 0.3 is 5.97 Å². The molecule has 0 aliphatic heterocycles. The van der Waals surface area contributed by atoms with E-state index in [0.717, 1.165) is 18.1 Å². The molecule has 2 N–H and O–H groups in total. The number of benzene rings is 1. The van der Waals surface area contributed by atoms with Crippen LogP contribution >= 0.6 is 11.8 Å². The van der Waals surface area contributed by atoms with Crippen molar-refractivity contribution in [2.24, 2.45) is 0 Å². The molecule has 33 heavy (non-hydrogen) atoms. The molecule has 0 aromatic heterocycles. The van der Waals surface area contributed by atoms with Crippen LogP contribution in [0.5, 0.6) is 5.75 Å².